The zero-order chi connectivity index (χ0) is 22.1. The smallest absolute Gasteiger partial charge is 0.322 e. The van der Waals surface area contributed by atoms with Crippen LogP contribution in [0.1, 0.15) is 25.7 Å². The fourth-order valence-electron chi connectivity index (χ4n) is 4.85. The third kappa shape index (κ3) is 3.92. The van der Waals surface area contributed by atoms with Crippen molar-refractivity contribution in [1.82, 2.24) is 20.5 Å². The van der Waals surface area contributed by atoms with E-state index in [4.69, 9.17) is 0 Å². The molecule has 5 rings (SSSR count). The molecule has 1 saturated carbocycles. The second kappa shape index (κ2) is 8.26. The van der Waals surface area contributed by atoms with Crippen LogP contribution in [0.5, 0.6) is 0 Å². The number of hydrogen-bond acceptors (Lipinski definition) is 5. The molecule has 0 spiro atoms. The fraction of sp³-hybridized carbons (Fsp3) is 0.417. The fourth-order valence-corrected chi connectivity index (χ4v) is 4.85. The van der Waals surface area contributed by atoms with Crippen LogP contribution in [0.15, 0.2) is 48.8 Å². The number of amides is 4. The zero-order valence-electron chi connectivity index (χ0n) is 17.9. The minimum absolute atomic E-state index is 0.0455. The van der Waals surface area contributed by atoms with Gasteiger partial charge in [-0.3, -0.25) is 19.9 Å². The number of imide groups is 1. The number of aromatic nitrogens is 1. The van der Waals surface area contributed by atoms with Gasteiger partial charge in [0.25, 0.3) is 5.91 Å². The summed E-state index contributed by atoms with van der Waals surface area (Å²) in [5, 5.41) is 5.15. The molecular formula is C24H27N5O3. The molecule has 1 unspecified atom stereocenters. The number of nitrogens with zero attached hydrogens (tertiary/aromatic N) is 3. The van der Waals surface area contributed by atoms with Crippen molar-refractivity contribution in [3.8, 4) is 11.1 Å². The molecular weight excluding hydrogens is 406 g/mol. The van der Waals surface area contributed by atoms with Gasteiger partial charge in [-0.15, -0.1) is 0 Å². The number of nitrogens with one attached hydrogen (secondary N) is 2. The van der Waals surface area contributed by atoms with Gasteiger partial charge in [-0.05, 0) is 60.6 Å². The number of pyridine rings is 1. The molecule has 3 aliphatic rings. The molecule has 1 aromatic carbocycles. The van der Waals surface area contributed by atoms with Crippen LogP contribution in [-0.4, -0.2) is 59.4 Å². The minimum Gasteiger partial charge on any atom is -0.368 e. The van der Waals surface area contributed by atoms with E-state index in [0.29, 0.717) is 19.5 Å². The van der Waals surface area contributed by atoms with E-state index in [-0.39, 0.29) is 24.2 Å². The molecule has 0 radical (unpaired) electrons. The van der Waals surface area contributed by atoms with Crippen molar-refractivity contribution < 1.29 is 14.4 Å². The van der Waals surface area contributed by atoms with Crippen molar-refractivity contribution in [1.29, 1.82) is 0 Å². The molecule has 2 aliphatic heterocycles. The van der Waals surface area contributed by atoms with Crippen molar-refractivity contribution in [3.63, 3.8) is 0 Å². The number of hydrogen-bond donors (Lipinski definition) is 2. The molecule has 32 heavy (non-hydrogen) atoms. The van der Waals surface area contributed by atoms with Crippen LogP contribution in [0.2, 0.25) is 0 Å². The van der Waals surface area contributed by atoms with Crippen molar-refractivity contribution in [2.24, 2.45) is 5.92 Å². The molecule has 3 fully saturated rings. The summed E-state index contributed by atoms with van der Waals surface area (Å²) < 4.78 is 0. The first-order valence-electron chi connectivity index (χ1n) is 11.2. The second-order valence-electron chi connectivity index (χ2n) is 8.81. The maximum absolute atomic E-state index is 12.9. The van der Waals surface area contributed by atoms with Crippen molar-refractivity contribution in [2.45, 2.75) is 31.2 Å². The summed E-state index contributed by atoms with van der Waals surface area (Å²) in [6.45, 7) is 2.81. The Labute approximate surface area is 187 Å². The van der Waals surface area contributed by atoms with Gasteiger partial charge in [0.05, 0.1) is 0 Å². The van der Waals surface area contributed by atoms with Crippen LogP contribution in [0, 0.1) is 5.92 Å². The van der Waals surface area contributed by atoms with Crippen LogP contribution < -0.4 is 15.5 Å². The number of anilines is 1. The van der Waals surface area contributed by atoms with E-state index in [9.17, 15) is 14.4 Å². The molecule has 1 aromatic heterocycles. The number of carbonyl (C=O) groups is 3. The molecule has 2 N–H and O–H groups in total. The topological polar surface area (TPSA) is 94.6 Å². The lowest BCUT2D eigenvalue weighted by Crippen LogP contribution is -2.51. The normalized spacial score (nSPS) is 23.1. The highest BCUT2D eigenvalue weighted by Gasteiger charge is 2.55. The molecule has 0 bridgehead atoms. The summed E-state index contributed by atoms with van der Waals surface area (Å²) in [4.78, 5) is 45.2. The quantitative estimate of drug-likeness (QED) is 0.681. The van der Waals surface area contributed by atoms with E-state index in [1.165, 1.54) is 0 Å². The third-order valence-corrected chi connectivity index (χ3v) is 6.83. The third-order valence-electron chi connectivity index (χ3n) is 6.83. The lowest BCUT2D eigenvalue weighted by Gasteiger charge is -2.37. The lowest BCUT2D eigenvalue weighted by molar-refractivity contribution is -0.132. The second-order valence-corrected chi connectivity index (χ2v) is 8.81. The standard InChI is InChI=1S/C24H27N5O3/c30-21(6-9-24(19-4-5-19)22(31)26-23(32)27-24)29-14-12-28(13-15-29)20-3-1-2-18(16-20)17-7-10-25-11-8-17/h1-3,7-8,10-11,16,19H,4-6,9,12-15H2,(H2,26,27,31,32). The first kappa shape index (κ1) is 20.5. The summed E-state index contributed by atoms with van der Waals surface area (Å²) in [5.41, 5.74) is 2.51. The van der Waals surface area contributed by atoms with Crippen molar-refractivity contribution in [2.75, 3.05) is 31.1 Å². The summed E-state index contributed by atoms with van der Waals surface area (Å²) in [6, 6.07) is 12.0. The monoisotopic (exact) mass is 433 g/mol. The SMILES string of the molecule is O=C1NC(=O)C(CCC(=O)N2CCN(c3cccc(-c4ccncc4)c3)CC2)(C2CC2)N1. The molecule has 166 valence electrons. The summed E-state index contributed by atoms with van der Waals surface area (Å²) in [5.74, 6) is -0.0906. The Morgan fingerprint density at radius 1 is 1.03 bits per heavy atom. The van der Waals surface area contributed by atoms with Gasteiger partial charge in [-0.1, -0.05) is 12.1 Å². The highest BCUT2D eigenvalue weighted by atomic mass is 16.2. The molecule has 3 heterocycles. The number of rotatable bonds is 6. The first-order chi connectivity index (χ1) is 15.5. The first-order valence-corrected chi connectivity index (χ1v) is 11.2. The van der Waals surface area contributed by atoms with Crippen LogP contribution in [0.4, 0.5) is 10.5 Å². The van der Waals surface area contributed by atoms with E-state index in [1.807, 2.05) is 17.0 Å². The minimum atomic E-state index is -0.901. The van der Waals surface area contributed by atoms with E-state index in [0.717, 1.165) is 42.7 Å². The number of benzene rings is 1. The van der Waals surface area contributed by atoms with Crippen molar-refractivity contribution >= 4 is 23.5 Å². The lowest BCUT2D eigenvalue weighted by atomic mass is 9.87. The maximum atomic E-state index is 12.9. The average Bonchev–Trinajstić information content (AvgIpc) is 3.64. The van der Waals surface area contributed by atoms with Crippen LogP contribution >= 0.6 is 0 Å². The zero-order valence-corrected chi connectivity index (χ0v) is 17.9. The number of piperazine rings is 1. The summed E-state index contributed by atoms with van der Waals surface area (Å²) in [7, 11) is 0. The maximum Gasteiger partial charge on any atom is 0.322 e. The molecule has 1 aliphatic carbocycles. The summed E-state index contributed by atoms with van der Waals surface area (Å²) in [6.07, 6.45) is 6.04. The largest absolute Gasteiger partial charge is 0.368 e. The summed E-state index contributed by atoms with van der Waals surface area (Å²) >= 11 is 0. The molecule has 2 saturated heterocycles. The molecule has 8 nitrogen and oxygen atoms in total. The van der Waals surface area contributed by atoms with E-state index >= 15 is 0 Å². The Morgan fingerprint density at radius 2 is 1.78 bits per heavy atom. The predicted octanol–water partition coefficient (Wildman–Crippen LogP) is 2.17. The van der Waals surface area contributed by atoms with Gasteiger partial charge in [0.1, 0.15) is 5.54 Å². The number of urea groups is 1. The highest BCUT2D eigenvalue weighted by molar-refractivity contribution is 6.07. The Balaban J connectivity index is 1.18. The molecule has 4 amide bonds. The van der Waals surface area contributed by atoms with E-state index in [1.54, 1.807) is 12.4 Å². The average molecular weight is 434 g/mol. The van der Waals surface area contributed by atoms with Crippen LogP contribution in [-0.2, 0) is 9.59 Å². The Kier molecular flexibility index (Phi) is 5.28. The van der Waals surface area contributed by atoms with Gasteiger partial charge in [0.15, 0.2) is 0 Å². The molecule has 8 heteroatoms. The Bertz CT molecular complexity index is 1030. The van der Waals surface area contributed by atoms with Crippen LogP contribution in [0.25, 0.3) is 11.1 Å². The van der Waals surface area contributed by atoms with Crippen molar-refractivity contribution in [3.05, 3.63) is 48.8 Å². The van der Waals surface area contributed by atoms with Gasteiger partial charge in [0.2, 0.25) is 5.91 Å². The highest BCUT2D eigenvalue weighted by Crippen LogP contribution is 2.43. The molecule has 1 atom stereocenters. The van der Waals surface area contributed by atoms with Gasteiger partial charge < -0.3 is 15.1 Å². The van der Waals surface area contributed by atoms with E-state index < -0.39 is 11.6 Å². The number of carbonyl (C=O) groups excluding carboxylic acids is 3. The molecule has 2 aromatic rings. The van der Waals surface area contributed by atoms with Crippen LogP contribution in [0.3, 0.4) is 0 Å². The van der Waals surface area contributed by atoms with Gasteiger partial charge >= 0.3 is 6.03 Å². The van der Waals surface area contributed by atoms with E-state index in [2.05, 4.69) is 44.8 Å². The Morgan fingerprint density at radius 3 is 2.44 bits per heavy atom. The predicted molar refractivity (Wildman–Crippen MR) is 120 cm³/mol. The van der Waals surface area contributed by atoms with Gasteiger partial charge in [-0.2, -0.15) is 0 Å². The van der Waals surface area contributed by atoms with Gasteiger partial charge in [0, 0.05) is 50.7 Å². The van der Waals surface area contributed by atoms with Gasteiger partial charge in [-0.25, -0.2) is 4.79 Å². The Hall–Kier alpha value is -3.42.